The lowest BCUT2D eigenvalue weighted by Crippen LogP contribution is -2.13. The number of aromatic nitrogens is 3. The summed E-state index contributed by atoms with van der Waals surface area (Å²) in [5.41, 5.74) is 1.17. The van der Waals surface area contributed by atoms with Gasteiger partial charge in [-0.15, -0.1) is 5.10 Å². The predicted molar refractivity (Wildman–Crippen MR) is 80.7 cm³/mol. The minimum atomic E-state index is -0.476. The fraction of sp³-hybridized carbons (Fsp3) is 0. The molecule has 0 aliphatic rings. The Kier molecular flexibility index (Phi) is 3.84. The van der Waals surface area contributed by atoms with E-state index in [1.54, 1.807) is 0 Å². The summed E-state index contributed by atoms with van der Waals surface area (Å²) in [6.45, 7) is 0. The fourth-order valence-corrected chi connectivity index (χ4v) is 2.04. The third-order valence-electron chi connectivity index (χ3n) is 2.89. The van der Waals surface area contributed by atoms with Crippen LogP contribution in [-0.4, -0.2) is 20.9 Å². The molecule has 1 N–H and O–H groups in total. The number of rotatable bonds is 3. The van der Waals surface area contributed by atoms with Gasteiger partial charge in [0, 0.05) is 0 Å². The third-order valence-corrected chi connectivity index (χ3v) is 3.20. The normalized spacial score (nSPS) is 10.5. The Labute approximate surface area is 130 Å². The summed E-state index contributed by atoms with van der Waals surface area (Å²) in [7, 11) is 0. The van der Waals surface area contributed by atoms with Crippen LogP contribution in [0.3, 0.4) is 0 Å². The molecule has 3 rings (SSSR count). The predicted octanol–water partition coefficient (Wildman–Crippen LogP) is 3.31. The lowest BCUT2D eigenvalue weighted by molar-refractivity contribution is 0.102. The molecule has 0 radical (unpaired) electrons. The maximum Gasteiger partial charge on any atom is 0.277 e. The molecule has 0 aliphatic carbocycles. The monoisotopic (exact) mass is 316 g/mol. The van der Waals surface area contributed by atoms with Crippen LogP contribution in [-0.2, 0) is 0 Å². The zero-order valence-corrected chi connectivity index (χ0v) is 12.0. The smallest absolute Gasteiger partial charge is 0.277 e. The molecule has 3 aromatic rings. The first kappa shape index (κ1) is 14.2. The zero-order chi connectivity index (χ0) is 15.5. The number of carbonyl (C=O) groups is 1. The van der Waals surface area contributed by atoms with E-state index in [2.05, 4.69) is 15.5 Å². The van der Waals surface area contributed by atoms with Gasteiger partial charge < -0.3 is 5.32 Å². The minimum Gasteiger partial charge on any atom is -0.319 e. The molecule has 0 saturated carbocycles. The molecule has 2 aromatic carbocycles. The van der Waals surface area contributed by atoms with Crippen LogP contribution >= 0.6 is 11.6 Å². The molecule has 22 heavy (non-hydrogen) atoms. The van der Waals surface area contributed by atoms with Crippen molar-refractivity contribution < 1.29 is 9.18 Å². The van der Waals surface area contributed by atoms with Gasteiger partial charge in [0.25, 0.3) is 5.91 Å². The fourth-order valence-electron chi connectivity index (χ4n) is 1.83. The quantitative estimate of drug-likeness (QED) is 0.806. The van der Waals surface area contributed by atoms with Gasteiger partial charge in [0.15, 0.2) is 5.69 Å². The molecule has 1 amide bonds. The van der Waals surface area contributed by atoms with Crippen molar-refractivity contribution in [2.24, 2.45) is 0 Å². The molecule has 0 atom stereocenters. The molecular formula is C15H10ClFN4O. The highest BCUT2D eigenvalue weighted by atomic mass is 35.5. The van der Waals surface area contributed by atoms with Crippen LogP contribution in [0.15, 0.2) is 54.7 Å². The molecule has 1 heterocycles. The van der Waals surface area contributed by atoms with Crippen LogP contribution in [0.4, 0.5) is 10.1 Å². The van der Waals surface area contributed by atoms with E-state index in [4.69, 9.17) is 11.6 Å². The number of nitrogens with one attached hydrogen (secondary N) is 1. The van der Waals surface area contributed by atoms with E-state index in [1.807, 2.05) is 30.3 Å². The van der Waals surface area contributed by atoms with Crippen molar-refractivity contribution in [3.05, 3.63) is 71.3 Å². The van der Waals surface area contributed by atoms with Gasteiger partial charge in [0.05, 0.1) is 22.6 Å². The Bertz CT molecular complexity index is 819. The Morgan fingerprint density at radius 3 is 2.68 bits per heavy atom. The van der Waals surface area contributed by atoms with Gasteiger partial charge in [-0.3, -0.25) is 4.79 Å². The molecule has 5 nitrogen and oxygen atoms in total. The van der Waals surface area contributed by atoms with Gasteiger partial charge in [-0.1, -0.05) is 29.8 Å². The first-order valence-corrected chi connectivity index (χ1v) is 6.75. The first-order valence-electron chi connectivity index (χ1n) is 6.37. The van der Waals surface area contributed by atoms with Crippen LogP contribution in [0.5, 0.6) is 0 Å². The molecular weight excluding hydrogens is 307 g/mol. The first-order chi connectivity index (χ1) is 10.6. The second kappa shape index (κ2) is 5.95. The van der Waals surface area contributed by atoms with E-state index in [-0.39, 0.29) is 10.7 Å². The maximum absolute atomic E-state index is 13.0. The van der Waals surface area contributed by atoms with Gasteiger partial charge in [0.1, 0.15) is 5.82 Å². The van der Waals surface area contributed by atoms with E-state index in [0.717, 1.165) is 11.8 Å². The van der Waals surface area contributed by atoms with Gasteiger partial charge in [0.2, 0.25) is 0 Å². The molecule has 1 aromatic heterocycles. The average Bonchev–Trinajstić information content (AvgIpc) is 3.01. The third kappa shape index (κ3) is 2.96. The van der Waals surface area contributed by atoms with Crippen molar-refractivity contribution in [2.45, 2.75) is 0 Å². The van der Waals surface area contributed by atoms with Crippen LogP contribution in [0.2, 0.25) is 5.02 Å². The second-order valence-electron chi connectivity index (χ2n) is 4.43. The molecule has 0 saturated heterocycles. The SMILES string of the molecule is O=C(Nc1ccc(F)cc1Cl)c1cnn(-c2ccccc2)n1. The maximum atomic E-state index is 13.0. The topological polar surface area (TPSA) is 59.8 Å². The van der Waals surface area contributed by atoms with Crippen molar-refractivity contribution >= 4 is 23.2 Å². The van der Waals surface area contributed by atoms with E-state index in [1.165, 1.54) is 23.1 Å². The van der Waals surface area contributed by atoms with Crippen LogP contribution in [0.1, 0.15) is 10.5 Å². The number of amides is 1. The highest BCUT2D eigenvalue weighted by molar-refractivity contribution is 6.33. The minimum absolute atomic E-state index is 0.115. The number of hydrogen-bond acceptors (Lipinski definition) is 3. The lowest BCUT2D eigenvalue weighted by Gasteiger charge is -2.05. The van der Waals surface area contributed by atoms with Gasteiger partial charge in [-0.05, 0) is 30.3 Å². The Morgan fingerprint density at radius 1 is 1.18 bits per heavy atom. The van der Waals surface area contributed by atoms with Gasteiger partial charge in [-0.2, -0.15) is 9.90 Å². The average molecular weight is 317 g/mol. The number of hydrogen-bond donors (Lipinski definition) is 1. The number of benzene rings is 2. The summed E-state index contributed by atoms with van der Waals surface area (Å²) >= 11 is 5.87. The summed E-state index contributed by atoms with van der Waals surface area (Å²) < 4.78 is 13.0. The summed E-state index contributed by atoms with van der Waals surface area (Å²) in [5, 5.41) is 10.8. The van der Waals surface area contributed by atoms with Gasteiger partial charge in [-0.25, -0.2) is 4.39 Å². The van der Waals surface area contributed by atoms with Crippen molar-refractivity contribution in [1.29, 1.82) is 0 Å². The second-order valence-corrected chi connectivity index (χ2v) is 4.84. The Morgan fingerprint density at radius 2 is 1.95 bits per heavy atom. The summed E-state index contributed by atoms with van der Waals surface area (Å²) in [6.07, 6.45) is 1.35. The standard InChI is InChI=1S/C15H10ClFN4O/c16-12-8-10(17)6-7-13(12)19-15(22)14-9-18-21(20-14)11-4-2-1-3-5-11/h1-9H,(H,19,22). The van der Waals surface area contributed by atoms with E-state index >= 15 is 0 Å². The Hall–Kier alpha value is -2.73. The van der Waals surface area contributed by atoms with E-state index in [0.29, 0.717) is 5.69 Å². The Balaban J connectivity index is 1.80. The zero-order valence-electron chi connectivity index (χ0n) is 11.2. The molecule has 0 fully saturated rings. The highest BCUT2D eigenvalue weighted by Crippen LogP contribution is 2.22. The number of carbonyl (C=O) groups excluding carboxylic acids is 1. The number of halogens is 2. The van der Waals surface area contributed by atoms with Crippen LogP contribution in [0, 0.1) is 5.82 Å². The summed E-state index contributed by atoms with van der Waals surface area (Å²) in [4.78, 5) is 13.5. The molecule has 110 valence electrons. The summed E-state index contributed by atoms with van der Waals surface area (Å²) in [5.74, 6) is -0.950. The highest BCUT2D eigenvalue weighted by Gasteiger charge is 2.13. The van der Waals surface area contributed by atoms with Crippen molar-refractivity contribution in [2.75, 3.05) is 5.32 Å². The van der Waals surface area contributed by atoms with E-state index in [9.17, 15) is 9.18 Å². The molecule has 0 unspecified atom stereocenters. The van der Waals surface area contributed by atoms with Gasteiger partial charge >= 0.3 is 0 Å². The van der Waals surface area contributed by atoms with Crippen LogP contribution < -0.4 is 5.32 Å². The number of para-hydroxylation sites is 1. The molecule has 0 spiro atoms. The summed E-state index contributed by atoms with van der Waals surface area (Å²) in [6, 6.07) is 12.9. The van der Waals surface area contributed by atoms with Crippen molar-refractivity contribution in [3.8, 4) is 5.69 Å². The molecule has 0 aliphatic heterocycles. The largest absolute Gasteiger partial charge is 0.319 e. The number of nitrogens with zero attached hydrogens (tertiary/aromatic N) is 3. The van der Waals surface area contributed by atoms with Crippen molar-refractivity contribution in [3.63, 3.8) is 0 Å². The van der Waals surface area contributed by atoms with Crippen LogP contribution in [0.25, 0.3) is 5.69 Å². The molecule has 7 heteroatoms. The lowest BCUT2D eigenvalue weighted by atomic mass is 10.3. The number of anilines is 1. The van der Waals surface area contributed by atoms with Crippen molar-refractivity contribution in [1.82, 2.24) is 15.0 Å². The molecule has 0 bridgehead atoms. The van der Waals surface area contributed by atoms with E-state index < -0.39 is 11.7 Å².